The number of carbonyl (C=O) groups excluding carboxylic acids is 1. The molecule has 42 heavy (non-hydrogen) atoms. The Bertz CT molecular complexity index is 1480. The van der Waals surface area contributed by atoms with Crippen LogP contribution in [0.3, 0.4) is 0 Å². The molecule has 2 atom stereocenters. The first kappa shape index (κ1) is 29.6. The van der Waals surface area contributed by atoms with E-state index in [-0.39, 0.29) is 17.1 Å². The first-order chi connectivity index (χ1) is 20.5. The highest BCUT2D eigenvalue weighted by Gasteiger charge is 2.26. The van der Waals surface area contributed by atoms with E-state index in [0.29, 0.717) is 0 Å². The lowest BCUT2D eigenvalue weighted by molar-refractivity contribution is -0.114. The zero-order valence-electron chi connectivity index (χ0n) is 24.5. The molecule has 0 aliphatic heterocycles. The number of thioether (sulfide) groups is 1. The van der Waals surface area contributed by atoms with Crippen LogP contribution in [0, 0.1) is 12.8 Å². The number of hydrogen-bond acceptors (Lipinski definition) is 3. The molecule has 0 spiro atoms. The predicted molar refractivity (Wildman–Crippen MR) is 177 cm³/mol. The lowest BCUT2D eigenvalue weighted by Crippen LogP contribution is -2.38. The van der Waals surface area contributed by atoms with E-state index < -0.39 is 0 Å². The van der Waals surface area contributed by atoms with Gasteiger partial charge in [0, 0.05) is 29.9 Å². The molecule has 0 aliphatic carbocycles. The third-order valence-corrected chi connectivity index (χ3v) is 8.88. The van der Waals surface area contributed by atoms with Gasteiger partial charge in [0.25, 0.3) is 0 Å². The summed E-state index contributed by atoms with van der Waals surface area (Å²) in [6, 6.07) is 49.3. The maximum Gasteiger partial charge on any atom is 0.196 e. The summed E-state index contributed by atoms with van der Waals surface area (Å²) in [6.07, 6.45) is 1.67. The Hall–Kier alpha value is -3.92. The average molecular weight is 570 g/mol. The molecule has 5 rings (SSSR count). The van der Waals surface area contributed by atoms with Crippen LogP contribution >= 0.6 is 11.8 Å². The first-order valence-electron chi connectivity index (χ1n) is 14.8. The van der Waals surface area contributed by atoms with E-state index in [2.05, 4.69) is 146 Å². The van der Waals surface area contributed by atoms with Gasteiger partial charge in [-0.1, -0.05) is 152 Å². The number of rotatable bonds is 12. The van der Waals surface area contributed by atoms with E-state index in [1.165, 1.54) is 45.1 Å². The fraction of sp³-hybridized carbons (Fsp3) is 0.205. The number of aryl methyl sites for hydroxylation is 1. The predicted octanol–water partition coefficient (Wildman–Crippen LogP) is 9.62. The topological polar surface area (TPSA) is 20.3 Å². The van der Waals surface area contributed by atoms with Crippen molar-refractivity contribution in [2.24, 2.45) is 5.92 Å². The quantitative estimate of drug-likeness (QED) is 0.140. The van der Waals surface area contributed by atoms with Gasteiger partial charge in [-0.05, 0) is 59.7 Å². The van der Waals surface area contributed by atoms with E-state index in [1.54, 1.807) is 0 Å². The average Bonchev–Trinajstić information content (AvgIpc) is 3.03. The van der Waals surface area contributed by atoms with Crippen molar-refractivity contribution >= 4 is 16.9 Å². The van der Waals surface area contributed by atoms with Crippen molar-refractivity contribution in [3.63, 3.8) is 0 Å². The zero-order chi connectivity index (χ0) is 29.1. The fourth-order valence-electron chi connectivity index (χ4n) is 5.37. The molecular weight excluding hydrogens is 531 g/mol. The Morgan fingerprint density at radius 2 is 1.12 bits per heavy atom. The number of nitrogens with zero attached hydrogens (tertiary/aromatic N) is 1. The molecule has 0 aliphatic rings. The highest BCUT2D eigenvalue weighted by atomic mass is 32.2. The van der Waals surface area contributed by atoms with Crippen LogP contribution in [0.25, 0.3) is 11.1 Å². The summed E-state index contributed by atoms with van der Waals surface area (Å²) in [5.74, 6) is -0.0843. The van der Waals surface area contributed by atoms with Gasteiger partial charge >= 0.3 is 0 Å². The molecule has 3 heteroatoms. The van der Waals surface area contributed by atoms with Gasteiger partial charge in [-0.2, -0.15) is 0 Å². The second-order valence-corrected chi connectivity index (χ2v) is 12.2. The largest absolute Gasteiger partial charge is 0.292 e. The van der Waals surface area contributed by atoms with E-state index in [4.69, 9.17) is 0 Å². The minimum Gasteiger partial charge on any atom is -0.292 e. The lowest BCUT2D eigenvalue weighted by atomic mass is 9.93. The maximum atomic E-state index is 13.5. The summed E-state index contributed by atoms with van der Waals surface area (Å²) in [7, 11) is 0. The first-order valence-corrected chi connectivity index (χ1v) is 15.6. The Morgan fingerprint density at radius 1 is 0.619 bits per heavy atom. The molecule has 0 amide bonds. The Kier molecular flexibility index (Phi) is 10.4. The van der Waals surface area contributed by atoms with Gasteiger partial charge < -0.3 is 0 Å². The van der Waals surface area contributed by atoms with Crippen molar-refractivity contribution in [2.75, 3.05) is 0 Å². The molecule has 0 bridgehead atoms. The van der Waals surface area contributed by atoms with E-state index >= 15 is 0 Å². The highest BCUT2D eigenvalue weighted by molar-refractivity contribution is 8.13. The van der Waals surface area contributed by atoms with E-state index in [9.17, 15) is 4.79 Å². The third kappa shape index (κ3) is 8.55. The van der Waals surface area contributed by atoms with Crippen molar-refractivity contribution in [2.45, 2.75) is 50.7 Å². The van der Waals surface area contributed by atoms with Gasteiger partial charge in [0.15, 0.2) is 5.12 Å². The number of hydrogen-bond donors (Lipinski definition) is 0. The Balaban J connectivity index is 1.41. The van der Waals surface area contributed by atoms with Crippen LogP contribution in [0.4, 0.5) is 0 Å². The SMILES string of the molecule is Cc1ccc(SC(=O)[C@H](C)CC(Cc2ccc(-c3ccccc3)cc2)N(Cc2ccccc2)Cc2ccccc2)cc1. The monoisotopic (exact) mass is 569 g/mol. The summed E-state index contributed by atoms with van der Waals surface area (Å²) >= 11 is 1.37. The summed E-state index contributed by atoms with van der Waals surface area (Å²) in [4.78, 5) is 17.0. The van der Waals surface area contributed by atoms with Crippen molar-refractivity contribution in [1.29, 1.82) is 0 Å². The number of carbonyl (C=O) groups is 1. The third-order valence-electron chi connectivity index (χ3n) is 7.77. The normalized spacial score (nSPS) is 12.6. The zero-order valence-corrected chi connectivity index (χ0v) is 25.3. The Morgan fingerprint density at radius 3 is 1.67 bits per heavy atom. The van der Waals surface area contributed by atoms with Crippen LogP contribution in [0.15, 0.2) is 144 Å². The molecule has 0 N–H and O–H groups in total. The minimum absolute atomic E-state index is 0.0843. The van der Waals surface area contributed by atoms with Gasteiger partial charge in [0.05, 0.1) is 0 Å². The summed E-state index contributed by atoms with van der Waals surface area (Å²) in [6.45, 7) is 5.82. The smallest absolute Gasteiger partial charge is 0.196 e. The minimum atomic E-state index is -0.0843. The second-order valence-electron chi connectivity index (χ2n) is 11.2. The molecular formula is C39H39NOS. The number of benzene rings is 5. The van der Waals surface area contributed by atoms with Gasteiger partial charge in [-0.3, -0.25) is 9.69 Å². The van der Waals surface area contributed by atoms with Crippen LogP contribution in [0.1, 0.15) is 35.6 Å². The molecule has 0 saturated heterocycles. The van der Waals surface area contributed by atoms with Crippen molar-refractivity contribution < 1.29 is 4.79 Å². The summed E-state index contributed by atoms with van der Waals surface area (Å²) < 4.78 is 0. The Labute approximate surface area is 255 Å². The molecule has 5 aromatic rings. The van der Waals surface area contributed by atoms with Crippen molar-refractivity contribution in [1.82, 2.24) is 4.90 Å². The van der Waals surface area contributed by atoms with Gasteiger partial charge in [-0.15, -0.1) is 0 Å². The standard InChI is InChI=1S/C39H39NOS/c1-30-18-24-38(25-19-30)42-39(41)31(2)26-37(27-32-20-22-36(23-21-32)35-16-10-5-11-17-35)40(28-33-12-6-3-7-13-33)29-34-14-8-4-9-15-34/h3-25,31,37H,26-29H2,1-2H3/t31-,37?/m1/s1. The molecule has 212 valence electrons. The van der Waals surface area contributed by atoms with Crippen molar-refractivity contribution in [3.8, 4) is 11.1 Å². The highest BCUT2D eigenvalue weighted by Crippen LogP contribution is 2.29. The van der Waals surface area contributed by atoms with Crippen LogP contribution < -0.4 is 0 Å². The molecule has 0 saturated carbocycles. The molecule has 0 aromatic heterocycles. The van der Waals surface area contributed by atoms with Gasteiger partial charge in [-0.25, -0.2) is 0 Å². The van der Waals surface area contributed by atoms with Crippen molar-refractivity contribution in [3.05, 3.63) is 162 Å². The fourth-order valence-corrected chi connectivity index (χ4v) is 6.18. The molecule has 0 fully saturated rings. The van der Waals surface area contributed by atoms with Crippen LogP contribution in [0.2, 0.25) is 0 Å². The summed E-state index contributed by atoms with van der Waals surface area (Å²) in [5.41, 5.74) is 7.51. The van der Waals surface area contributed by atoms with Gasteiger partial charge in [0.1, 0.15) is 0 Å². The molecule has 0 radical (unpaired) electrons. The molecule has 1 unspecified atom stereocenters. The van der Waals surface area contributed by atoms with E-state index in [0.717, 1.165) is 30.8 Å². The van der Waals surface area contributed by atoms with Crippen LogP contribution in [-0.2, 0) is 24.3 Å². The van der Waals surface area contributed by atoms with E-state index in [1.807, 2.05) is 12.1 Å². The molecule has 0 heterocycles. The van der Waals surface area contributed by atoms with Crippen LogP contribution in [0.5, 0.6) is 0 Å². The lowest BCUT2D eigenvalue weighted by Gasteiger charge is -2.34. The molecule has 5 aromatic carbocycles. The summed E-state index contributed by atoms with van der Waals surface area (Å²) in [5, 5.41) is 0.225. The van der Waals surface area contributed by atoms with Crippen LogP contribution in [-0.4, -0.2) is 16.1 Å². The molecule has 2 nitrogen and oxygen atoms in total. The maximum absolute atomic E-state index is 13.5. The second kappa shape index (κ2) is 14.8. The van der Waals surface area contributed by atoms with Gasteiger partial charge in [0.2, 0.25) is 0 Å².